The molecule has 0 saturated carbocycles. The molecule has 0 aliphatic rings. The molecule has 1 N–H and O–H groups in total. The summed E-state index contributed by atoms with van der Waals surface area (Å²) in [6, 6.07) is 10.0. The van der Waals surface area contributed by atoms with Gasteiger partial charge in [-0.1, -0.05) is 6.07 Å². The first-order valence-electron chi connectivity index (χ1n) is 7.65. The lowest BCUT2D eigenvalue weighted by atomic mass is 10.1. The van der Waals surface area contributed by atoms with Crippen molar-refractivity contribution in [3.05, 3.63) is 53.1 Å². The highest BCUT2D eigenvalue weighted by Gasteiger charge is 2.24. The Balaban J connectivity index is 2.41. The normalized spacial score (nSPS) is 11.4. The molecule has 1 amide bonds. The number of carbonyl (C=O) groups is 1. The van der Waals surface area contributed by atoms with E-state index in [0.29, 0.717) is 5.69 Å². The van der Waals surface area contributed by atoms with E-state index in [2.05, 4.69) is 5.32 Å². The number of amides is 1. The SMILES string of the molecule is COc1ccc(C(=O)Nc2cc(C)cc(C)c2)cc1S(=O)(=O)N(C)C. The van der Waals surface area contributed by atoms with E-state index in [4.69, 9.17) is 4.74 Å². The highest BCUT2D eigenvalue weighted by atomic mass is 32.2. The molecule has 0 atom stereocenters. The summed E-state index contributed by atoms with van der Waals surface area (Å²) < 4.78 is 31.1. The third-order valence-electron chi connectivity index (χ3n) is 3.66. The Labute approximate surface area is 148 Å². The van der Waals surface area contributed by atoms with E-state index in [1.165, 1.54) is 39.4 Å². The summed E-state index contributed by atoms with van der Waals surface area (Å²) in [5.41, 5.74) is 2.96. The van der Waals surface area contributed by atoms with Crippen LogP contribution in [-0.2, 0) is 10.0 Å². The number of benzene rings is 2. The van der Waals surface area contributed by atoms with Gasteiger partial charge in [0.15, 0.2) is 0 Å². The first-order valence-corrected chi connectivity index (χ1v) is 9.09. The Hall–Kier alpha value is -2.38. The molecule has 7 heteroatoms. The van der Waals surface area contributed by atoms with Crippen molar-refractivity contribution < 1.29 is 17.9 Å². The summed E-state index contributed by atoms with van der Waals surface area (Å²) >= 11 is 0. The lowest BCUT2D eigenvalue weighted by molar-refractivity contribution is 0.102. The summed E-state index contributed by atoms with van der Waals surface area (Å²) in [6.07, 6.45) is 0. The summed E-state index contributed by atoms with van der Waals surface area (Å²) in [4.78, 5) is 12.5. The van der Waals surface area contributed by atoms with Crippen molar-refractivity contribution in [2.45, 2.75) is 18.7 Å². The quantitative estimate of drug-likeness (QED) is 0.887. The molecule has 6 nitrogen and oxygen atoms in total. The molecule has 0 unspecified atom stereocenters. The summed E-state index contributed by atoms with van der Waals surface area (Å²) in [6.45, 7) is 3.88. The van der Waals surface area contributed by atoms with Gasteiger partial charge >= 0.3 is 0 Å². The standard InChI is InChI=1S/C18H22N2O4S/c1-12-8-13(2)10-15(9-12)19-18(21)14-6-7-16(24-5)17(11-14)25(22,23)20(3)4/h6-11H,1-5H3,(H,19,21). The predicted octanol–water partition coefficient (Wildman–Crippen LogP) is 2.81. The van der Waals surface area contributed by atoms with Crippen LogP contribution in [0.5, 0.6) is 5.75 Å². The number of anilines is 1. The second-order valence-electron chi connectivity index (χ2n) is 5.98. The molecule has 2 aromatic carbocycles. The smallest absolute Gasteiger partial charge is 0.255 e. The van der Waals surface area contributed by atoms with Crippen molar-refractivity contribution in [1.82, 2.24) is 4.31 Å². The molecule has 134 valence electrons. The second-order valence-corrected chi connectivity index (χ2v) is 8.10. The highest BCUT2D eigenvalue weighted by molar-refractivity contribution is 7.89. The first-order chi connectivity index (χ1) is 11.6. The van der Waals surface area contributed by atoms with Crippen molar-refractivity contribution in [2.75, 3.05) is 26.5 Å². The van der Waals surface area contributed by atoms with Crippen molar-refractivity contribution in [2.24, 2.45) is 0 Å². The van der Waals surface area contributed by atoms with Crippen LogP contribution in [0.2, 0.25) is 0 Å². The Morgan fingerprint density at radius 2 is 1.64 bits per heavy atom. The lowest BCUT2D eigenvalue weighted by Crippen LogP contribution is -2.23. The van der Waals surface area contributed by atoms with Crippen LogP contribution in [0.1, 0.15) is 21.5 Å². The zero-order chi connectivity index (χ0) is 18.8. The predicted molar refractivity (Wildman–Crippen MR) is 97.7 cm³/mol. The fraction of sp³-hybridized carbons (Fsp3) is 0.278. The van der Waals surface area contributed by atoms with E-state index in [1.54, 1.807) is 0 Å². The minimum atomic E-state index is -3.73. The summed E-state index contributed by atoms with van der Waals surface area (Å²) in [5.74, 6) is -0.195. The Kier molecular flexibility index (Phi) is 5.49. The molecule has 0 spiro atoms. The number of hydrogen-bond acceptors (Lipinski definition) is 4. The van der Waals surface area contributed by atoms with Crippen molar-refractivity contribution in [3.63, 3.8) is 0 Å². The van der Waals surface area contributed by atoms with Crippen LogP contribution in [0.3, 0.4) is 0 Å². The van der Waals surface area contributed by atoms with Gasteiger partial charge in [0.2, 0.25) is 10.0 Å². The Bertz CT molecular complexity index is 885. The molecule has 0 aliphatic carbocycles. The van der Waals surface area contributed by atoms with Crippen LogP contribution in [0.25, 0.3) is 0 Å². The first kappa shape index (κ1) is 19.0. The minimum Gasteiger partial charge on any atom is -0.495 e. The van der Waals surface area contributed by atoms with Crippen LogP contribution in [0.4, 0.5) is 5.69 Å². The van der Waals surface area contributed by atoms with Gasteiger partial charge in [0.05, 0.1) is 7.11 Å². The third-order valence-corrected chi connectivity index (χ3v) is 5.50. The maximum atomic E-state index is 12.5. The van der Waals surface area contributed by atoms with Gasteiger partial charge in [0.25, 0.3) is 5.91 Å². The van der Waals surface area contributed by atoms with Crippen LogP contribution < -0.4 is 10.1 Å². The third kappa shape index (κ3) is 4.18. The number of nitrogens with one attached hydrogen (secondary N) is 1. The molecular formula is C18H22N2O4S. The molecular weight excluding hydrogens is 340 g/mol. The molecule has 0 aromatic heterocycles. The molecule has 0 aliphatic heterocycles. The minimum absolute atomic E-state index is 0.0481. The van der Waals surface area contributed by atoms with Gasteiger partial charge in [-0.2, -0.15) is 0 Å². The van der Waals surface area contributed by atoms with Gasteiger partial charge in [-0.3, -0.25) is 4.79 Å². The monoisotopic (exact) mass is 362 g/mol. The highest BCUT2D eigenvalue weighted by Crippen LogP contribution is 2.27. The number of hydrogen-bond donors (Lipinski definition) is 1. The molecule has 0 bridgehead atoms. The number of aryl methyl sites for hydroxylation is 2. The van der Waals surface area contributed by atoms with Gasteiger partial charge in [-0.15, -0.1) is 0 Å². The van der Waals surface area contributed by atoms with Crippen LogP contribution in [0, 0.1) is 13.8 Å². The average molecular weight is 362 g/mol. The van der Waals surface area contributed by atoms with Crippen molar-refractivity contribution in [1.29, 1.82) is 0 Å². The molecule has 0 heterocycles. The molecule has 2 aromatic rings. The number of rotatable bonds is 5. The van der Waals surface area contributed by atoms with Gasteiger partial charge in [0.1, 0.15) is 10.6 Å². The van der Waals surface area contributed by atoms with E-state index in [0.717, 1.165) is 15.4 Å². The van der Waals surface area contributed by atoms with Gasteiger partial charge < -0.3 is 10.1 Å². The fourth-order valence-corrected chi connectivity index (χ4v) is 3.54. The topological polar surface area (TPSA) is 75.7 Å². The number of carbonyl (C=O) groups excluding carboxylic acids is 1. The summed E-state index contributed by atoms with van der Waals surface area (Å²) in [5, 5.41) is 2.80. The molecule has 0 saturated heterocycles. The Morgan fingerprint density at radius 3 is 2.16 bits per heavy atom. The lowest BCUT2D eigenvalue weighted by Gasteiger charge is -2.15. The largest absolute Gasteiger partial charge is 0.495 e. The number of sulfonamides is 1. The Morgan fingerprint density at radius 1 is 1.04 bits per heavy atom. The molecule has 0 fully saturated rings. The fourth-order valence-electron chi connectivity index (χ4n) is 2.47. The number of ether oxygens (including phenoxy) is 1. The number of methoxy groups -OCH3 is 1. The van der Waals surface area contributed by atoms with E-state index in [9.17, 15) is 13.2 Å². The van der Waals surface area contributed by atoms with Crippen LogP contribution in [0.15, 0.2) is 41.3 Å². The van der Waals surface area contributed by atoms with E-state index < -0.39 is 10.0 Å². The molecule has 2 rings (SSSR count). The van der Waals surface area contributed by atoms with E-state index >= 15 is 0 Å². The van der Waals surface area contributed by atoms with Crippen molar-refractivity contribution >= 4 is 21.6 Å². The zero-order valence-corrected chi connectivity index (χ0v) is 15.8. The second kappa shape index (κ2) is 7.25. The average Bonchev–Trinajstić information content (AvgIpc) is 2.52. The molecule has 0 radical (unpaired) electrons. The zero-order valence-electron chi connectivity index (χ0n) is 15.0. The van der Waals surface area contributed by atoms with Crippen LogP contribution >= 0.6 is 0 Å². The van der Waals surface area contributed by atoms with Gasteiger partial charge in [0, 0.05) is 25.3 Å². The van der Waals surface area contributed by atoms with Gasteiger partial charge in [-0.25, -0.2) is 12.7 Å². The summed E-state index contributed by atoms with van der Waals surface area (Å²) in [7, 11) is 0.510. The number of nitrogens with zero attached hydrogens (tertiary/aromatic N) is 1. The van der Waals surface area contributed by atoms with Crippen molar-refractivity contribution in [3.8, 4) is 5.75 Å². The van der Waals surface area contributed by atoms with Gasteiger partial charge in [-0.05, 0) is 55.3 Å². The molecule has 25 heavy (non-hydrogen) atoms. The van der Waals surface area contributed by atoms with E-state index in [-0.39, 0.29) is 22.1 Å². The van der Waals surface area contributed by atoms with Crippen LogP contribution in [-0.4, -0.2) is 39.8 Å². The van der Waals surface area contributed by atoms with E-state index in [1.807, 2.05) is 32.0 Å². The maximum Gasteiger partial charge on any atom is 0.255 e. The maximum absolute atomic E-state index is 12.5.